The minimum absolute atomic E-state index is 0.155. The fourth-order valence-corrected chi connectivity index (χ4v) is 2.22. The van der Waals surface area contributed by atoms with Crippen molar-refractivity contribution in [3.63, 3.8) is 0 Å². The largest absolute Gasteiger partial charge is 0.324 e. The SMILES string of the molecule is Cc1nc(CN2CC(C)C(=O)NC2=O)cs1. The average molecular weight is 239 g/mol. The number of hydrogen-bond acceptors (Lipinski definition) is 4. The average Bonchev–Trinajstić information content (AvgIpc) is 2.60. The number of urea groups is 1. The molecule has 0 aromatic carbocycles. The minimum Gasteiger partial charge on any atom is -0.318 e. The van der Waals surface area contributed by atoms with Gasteiger partial charge in [0.25, 0.3) is 0 Å². The molecule has 6 heteroatoms. The topological polar surface area (TPSA) is 62.3 Å². The Bertz CT molecular complexity index is 429. The van der Waals surface area contributed by atoms with E-state index in [0.29, 0.717) is 13.1 Å². The highest BCUT2D eigenvalue weighted by molar-refractivity contribution is 7.09. The van der Waals surface area contributed by atoms with E-state index in [4.69, 9.17) is 0 Å². The molecule has 1 atom stereocenters. The Morgan fingerprint density at radius 3 is 3.00 bits per heavy atom. The van der Waals surface area contributed by atoms with Crippen LogP contribution in [0.4, 0.5) is 4.79 Å². The first-order valence-electron chi connectivity index (χ1n) is 5.07. The van der Waals surface area contributed by atoms with Crippen molar-refractivity contribution >= 4 is 23.3 Å². The molecular formula is C10H13N3O2S. The number of aromatic nitrogens is 1. The lowest BCUT2D eigenvalue weighted by Gasteiger charge is -2.29. The van der Waals surface area contributed by atoms with E-state index in [1.807, 2.05) is 12.3 Å². The molecule has 1 unspecified atom stereocenters. The predicted octanol–water partition coefficient (Wildman–Crippen LogP) is 1.14. The first-order chi connectivity index (χ1) is 7.56. The summed E-state index contributed by atoms with van der Waals surface area (Å²) in [6.45, 7) is 4.66. The van der Waals surface area contributed by atoms with Gasteiger partial charge in [0.2, 0.25) is 5.91 Å². The van der Waals surface area contributed by atoms with E-state index in [2.05, 4.69) is 10.3 Å². The van der Waals surface area contributed by atoms with Gasteiger partial charge in [-0.1, -0.05) is 6.92 Å². The number of aryl methyl sites for hydroxylation is 1. The number of carbonyl (C=O) groups is 2. The summed E-state index contributed by atoms with van der Waals surface area (Å²) in [5.74, 6) is -0.354. The van der Waals surface area contributed by atoms with Crippen molar-refractivity contribution in [2.24, 2.45) is 5.92 Å². The van der Waals surface area contributed by atoms with Gasteiger partial charge in [-0.05, 0) is 6.92 Å². The highest BCUT2D eigenvalue weighted by atomic mass is 32.1. The first kappa shape index (κ1) is 11.1. The minimum atomic E-state index is -0.325. The number of thiazole rings is 1. The standard InChI is InChI=1S/C10H13N3O2S/c1-6-3-13(10(15)12-9(6)14)4-8-5-16-7(2)11-8/h5-6H,3-4H2,1-2H3,(H,12,14,15). The molecular weight excluding hydrogens is 226 g/mol. The highest BCUT2D eigenvalue weighted by Crippen LogP contribution is 2.14. The monoisotopic (exact) mass is 239 g/mol. The third-order valence-corrected chi connectivity index (χ3v) is 3.30. The van der Waals surface area contributed by atoms with Crippen LogP contribution in [0.3, 0.4) is 0 Å². The summed E-state index contributed by atoms with van der Waals surface area (Å²) in [5.41, 5.74) is 0.874. The smallest absolute Gasteiger partial charge is 0.318 e. The van der Waals surface area contributed by atoms with Crippen LogP contribution in [0.2, 0.25) is 0 Å². The van der Waals surface area contributed by atoms with Crippen molar-refractivity contribution < 1.29 is 9.59 Å². The zero-order valence-corrected chi connectivity index (χ0v) is 10.0. The van der Waals surface area contributed by atoms with Gasteiger partial charge in [-0.15, -0.1) is 11.3 Å². The molecule has 1 aromatic rings. The molecule has 2 rings (SSSR count). The molecule has 5 nitrogen and oxygen atoms in total. The van der Waals surface area contributed by atoms with Crippen molar-refractivity contribution in [1.82, 2.24) is 15.2 Å². The molecule has 1 aliphatic rings. The fraction of sp³-hybridized carbons (Fsp3) is 0.500. The summed E-state index contributed by atoms with van der Waals surface area (Å²) in [5, 5.41) is 5.25. The van der Waals surface area contributed by atoms with Gasteiger partial charge < -0.3 is 4.90 Å². The van der Waals surface area contributed by atoms with Crippen molar-refractivity contribution in [1.29, 1.82) is 0 Å². The van der Waals surface area contributed by atoms with Crippen LogP contribution in [0, 0.1) is 12.8 Å². The summed E-state index contributed by atoms with van der Waals surface area (Å²) in [7, 11) is 0. The van der Waals surface area contributed by atoms with Crippen molar-refractivity contribution in [3.05, 3.63) is 16.1 Å². The molecule has 1 N–H and O–H groups in total. The van der Waals surface area contributed by atoms with Crippen LogP contribution in [-0.2, 0) is 11.3 Å². The summed E-state index contributed by atoms with van der Waals surface area (Å²) >= 11 is 1.56. The molecule has 0 radical (unpaired) electrons. The van der Waals surface area contributed by atoms with Gasteiger partial charge in [-0.25, -0.2) is 9.78 Å². The van der Waals surface area contributed by atoms with E-state index >= 15 is 0 Å². The molecule has 1 aliphatic heterocycles. The van der Waals surface area contributed by atoms with Gasteiger partial charge in [0, 0.05) is 11.9 Å². The van der Waals surface area contributed by atoms with Crippen molar-refractivity contribution in [2.75, 3.05) is 6.54 Å². The Morgan fingerprint density at radius 1 is 1.62 bits per heavy atom. The maximum Gasteiger partial charge on any atom is 0.324 e. The quantitative estimate of drug-likeness (QED) is 0.841. The molecule has 3 amide bonds. The van der Waals surface area contributed by atoms with Gasteiger partial charge in [-0.2, -0.15) is 0 Å². The van der Waals surface area contributed by atoms with E-state index in [9.17, 15) is 9.59 Å². The lowest BCUT2D eigenvalue weighted by Crippen LogP contribution is -2.53. The molecule has 1 saturated heterocycles. The van der Waals surface area contributed by atoms with Gasteiger partial charge in [0.1, 0.15) is 0 Å². The third kappa shape index (κ3) is 2.21. The Labute approximate surface area is 97.5 Å². The third-order valence-electron chi connectivity index (χ3n) is 2.48. The molecule has 86 valence electrons. The van der Waals surface area contributed by atoms with Gasteiger partial charge in [0.05, 0.1) is 23.2 Å². The molecule has 0 aliphatic carbocycles. The Hall–Kier alpha value is -1.43. The van der Waals surface area contributed by atoms with E-state index in [1.165, 1.54) is 0 Å². The van der Waals surface area contributed by atoms with Gasteiger partial charge in [-0.3, -0.25) is 10.1 Å². The Kier molecular flexibility index (Phi) is 2.91. The maximum atomic E-state index is 11.5. The molecule has 0 saturated carbocycles. The predicted molar refractivity (Wildman–Crippen MR) is 60.0 cm³/mol. The van der Waals surface area contributed by atoms with Crippen molar-refractivity contribution in [3.8, 4) is 0 Å². The number of nitrogens with zero attached hydrogens (tertiary/aromatic N) is 2. The van der Waals surface area contributed by atoms with Crippen LogP contribution in [0.1, 0.15) is 17.6 Å². The molecule has 16 heavy (non-hydrogen) atoms. The van der Waals surface area contributed by atoms with Crippen LogP contribution in [0.5, 0.6) is 0 Å². The van der Waals surface area contributed by atoms with Crippen LogP contribution >= 0.6 is 11.3 Å². The zero-order chi connectivity index (χ0) is 11.7. The molecule has 2 heterocycles. The van der Waals surface area contributed by atoms with Crippen LogP contribution in [0.25, 0.3) is 0 Å². The van der Waals surface area contributed by atoms with Crippen LogP contribution < -0.4 is 5.32 Å². The zero-order valence-electron chi connectivity index (χ0n) is 9.19. The van der Waals surface area contributed by atoms with Gasteiger partial charge in [0.15, 0.2) is 0 Å². The normalized spacial score (nSPS) is 21.1. The summed E-state index contributed by atoms with van der Waals surface area (Å²) in [6.07, 6.45) is 0. The molecule has 0 spiro atoms. The summed E-state index contributed by atoms with van der Waals surface area (Å²) < 4.78 is 0. The summed E-state index contributed by atoms with van der Waals surface area (Å²) in [4.78, 5) is 28.7. The first-order valence-corrected chi connectivity index (χ1v) is 5.95. The van der Waals surface area contributed by atoms with E-state index in [0.717, 1.165) is 10.7 Å². The van der Waals surface area contributed by atoms with Crippen LogP contribution in [0.15, 0.2) is 5.38 Å². The maximum absolute atomic E-state index is 11.5. The number of hydrogen-bond donors (Lipinski definition) is 1. The second kappa shape index (κ2) is 4.21. The van der Waals surface area contributed by atoms with E-state index in [1.54, 1.807) is 23.2 Å². The van der Waals surface area contributed by atoms with E-state index < -0.39 is 0 Å². The number of imide groups is 1. The second-order valence-electron chi connectivity index (χ2n) is 3.93. The van der Waals surface area contributed by atoms with Crippen LogP contribution in [-0.4, -0.2) is 28.4 Å². The van der Waals surface area contributed by atoms with Gasteiger partial charge >= 0.3 is 6.03 Å². The summed E-state index contributed by atoms with van der Waals surface area (Å²) in [6, 6.07) is -0.325. The number of carbonyl (C=O) groups excluding carboxylic acids is 2. The molecule has 1 fully saturated rings. The Balaban J connectivity index is 2.04. The second-order valence-corrected chi connectivity index (χ2v) is 5.00. The number of amides is 3. The lowest BCUT2D eigenvalue weighted by atomic mass is 10.1. The lowest BCUT2D eigenvalue weighted by molar-refractivity contribution is -0.125. The van der Waals surface area contributed by atoms with E-state index in [-0.39, 0.29) is 17.9 Å². The molecule has 0 bridgehead atoms. The van der Waals surface area contributed by atoms with Crippen molar-refractivity contribution in [2.45, 2.75) is 20.4 Å². The highest BCUT2D eigenvalue weighted by Gasteiger charge is 2.29. The number of rotatable bonds is 2. The molecule has 1 aromatic heterocycles. The number of nitrogens with one attached hydrogen (secondary N) is 1. The Morgan fingerprint density at radius 2 is 2.38 bits per heavy atom. The fourth-order valence-electron chi connectivity index (χ4n) is 1.62.